The van der Waals surface area contributed by atoms with Crippen LogP contribution in [0.3, 0.4) is 0 Å². The Bertz CT molecular complexity index is 498. The highest BCUT2D eigenvalue weighted by atomic mass is 16.2. The number of hydrogen-bond donors (Lipinski definition) is 1. The molecule has 2 amide bonds. The monoisotopic (exact) mass is 216 g/mol. The Morgan fingerprint density at radius 2 is 2.06 bits per heavy atom. The van der Waals surface area contributed by atoms with Gasteiger partial charge >= 0.3 is 0 Å². The molecule has 1 atom stereocenters. The van der Waals surface area contributed by atoms with Crippen molar-refractivity contribution in [2.24, 2.45) is 0 Å². The molecule has 1 unspecified atom stereocenters. The molecule has 1 saturated heterocycles. The first-order chi connectivity index (χ1) is 7.62. The number of para-hydroxylation sites is 1. The second-order valence-electron chi connectivity index (χ2n) is 4.47. The molecular formula is C12H12N2O2. The predicted octanol–water partition coefficient (Wildman–Crippen LogP) is 1.27. The van der Waals surface area contributed by atoms with Crippen LogP contribution < -0.4 is 10.2 Å². The minimum atomic E-state index is -0.539. The van der Waals surface area contributed by atoms with Gasteiger partial charge in [0.25, 0.3) is 5.91 Å². The third kappa shape index (κ3) is 1.04. The first-order valence-corrected chi connectivity index (χ1v) is 5.36. The number of benzene rings is 1. The fourth-order valence-electron chi connectivity index (χ4n) is 2.54. The average Bonchev–Trinajstić information content (AvgIpc) is 2.55. The third-order valence-corrected chi connectivity index (χ3v) is 3.34. The number of carbonyl (C=O) groups is 2. The Morgan fingerprint density at radius 3 is 2.88 bits per heavy atom. The Kier molecular flexibility index (Phi) is 1.67. The predicted molar refractivity (Wildman–Crippen MR) is 59.0 cm³/mol. The summed E-state index contributed by atoms with van der Waals surface area (Å²) in [6.45, 7) is 1.89. The highest BCUT2D eigenvalue weighted by molar-refractivity contribution is 6.10. The average molecular weight is 216 g/mol. The summed E-state index contributed by atoms with van der Waals surface area (Å²) >= 11 is 0. The van der Waals surface area contributed by atoms with Crippen LogP contribution in [0.5, 0.6) is 0 Å². The standard InChI is InChI=1S/C12H12N2O2/c1-12-7-6-10(15)14(12)9-5-3-2-4-8(9)11(16)13-12/h2-5H,6-7H2,1H3,(H,13,16). The lowest BCUT2D eigenvalue weighted by Gasteiger charge is -2.40. The molecule has 0 aliphatic carbocycles. The van der Waals surface area contributed by atoms with Gasteiger partial charge in [-0.3, -0.25) is 14.5 Å². The lowest BCUT2D eigenvalue weighted by Crippen LogP contribution is -2.60. The van der Waals surface area contributed by atoms with E-state index in [1.165, 1.54) is 0 Å². The van der Waals surface area contributed by atoms with Crippen LogP contribution in [0, 0.1) is 0 Å². The molecule has 1 aromatic rings. The molecular weight excluding hydrogens is 204 g/mol. The molecule has 2 heterocycles. The molecule has 1 N–H and O–H groups in total. The van der Waals surface area contributed by atoms with Gasteiger partial charge in [0.1, 0.15) is 5.66 Å². The summed E-state index contributed by atoms with van der Waals surface area (Å²) in [5.74, 6) is -0.0148. The van der Waals surface area contributed by atoms with Crippen LogP contribution in [0.25, 0.3) is 0 Å². The molecule has 4 nitrogen and oxygen atoms in total. The van der Waals surface area contributed by atoms with Gasteiger partial charge in [-0.25, -0.2) is 0 Å². The summed E-state index contributed by atoms with van der Waals surface area (Å²) in [5.41, 5.74) is 0.772. The van der Waals surface area contributed by atoms with E-state index < -0.39 is 5.66 Å². The zero-order chi connectivity index (χ0) is 11.3. The maximum absolute atomic E-state index is 11.9. The molecule has 0 spiro atoms. The number of amides is 2. The highest BCUT2D eigenvalue weighted by Crippen LogP contribution is 2.38. The molecule has 3 rings (SSSR count). The SMILES string of the molecule is CC12CCC(=O)N1c1ccccc1C(=O)N2. The van der Waals surface area contributed by atoms with E-state index in [-0.39, 0.29) is 11.8 Å². The van der Waals surface area contributed by atoms with Gasteiger partial charge in [0.2, 0.25) is 5.91 Å². The van der Waals surface area contributed by atoms with Crippen LogP contribution in [0.2, 0.25) is 0 Å². The van der Waals surface area contributed by atoms with Gasteiger partial charge in [-0.15, -0.1) is 0 Å². The zero-order valence-corrected chi connectivity index (χ0v) is 8.99. The second kappa shape index (κ2) is 2.84. The maximum Gasteiger partial charge on any atom is 0.255 e. The van der Waals surface area contributed by atoms with Gasteiger partial charge < -0.3 is 5.32 Å². The van der Waals surface area contributed by atoms with Crippen molar-refractivity contribution in [2.75, 3.05) is 4.90 Å². The topological polar surface area (TPSA) is 49.4 Å². The van der Waals surface area contributed by atoms with Crippen molar-refractivity contribution in [3.8, 4) is 0 Å². The van der Waals surface area contributed by atoms with Gasteiger partial charge in [0.15, 0.2) is 0 Å². The summed E-state index contributed by atoms with van der Waals surface area (Å²) in [6, 6.07) is 7.23. The minimum absolute atomic E-state index is 0.0787. The zero-order valence-electron chi connectivity index (χ0n) is 8.99. The Balaban J connectivity index is 2.23. The van der Waals surface area contributed by atoms with Crippen LogP contribution in [0.4, 0.5) is 5.69 Å². The van der Waals surface area contributed by atoms with E-state index in [9.17, 15) is 9.59 Å². The van der Waals surface area contributed by atoms with Gasteiger partial charge in [0, 0.05) is 6.42 Å². The third-order valence-electron chi connectivity index (χ3n) is 3.34. The summed E-state index contributed by atoms with van der Waals surface area (Å²) in [6.07, 6.45) is 1.16. The summed E-state index contributed by atoms with van der Waals surface area (Å²) in [5, 5.41) is 2.91. The molecule has 0 aromatic heterocycles. The summed E-state index contributed by atoms with van der Waals surface area (Å²) < 4.78 is 0. The Hall–Kier alpha value is -1.84. The van der Waals surface area contributed by atoms with E-state index in [1.54, 1.807) is 11.0 Å². The molecule has 4 heteroatoms. The fourth-order valence-corrected chi connectivity index (χ4v) is 2.54. The molecule has 1 fully saturated rings. The fraction of sp³-hybridized carbons (Fsp3) is 0.333. The van der Waals surface area contributed by atoms with Crippen LogP contribution in [-0.2, 0) is 4.79 Å². The first kappa shape index (κ1) is 9.39. The van der Waals surface area contributed by atoms with E-state index in [2.05, 4.69) is 5.32 Å². The van der Waals surface area contributed by atoms with Crippen LogP contribution in [0.1, 0.15) is 30.1 Å². The maximum atomic E-state index is 11.9. The van der Waals surface area contributed by atoms with E-state index in [0.717, 1.165) is 5.69 Å². The first-order valence-electron chi connectivity index (χ1n) is 5.36. The van der Waals surface area contributed by atoms with Crippen LogP contribution in [-0.4, -0.2) is 17.5 Å². The summed E-state index contributed by atoms with van der Waals surface area (Å²) in [4.78, 5) is 25.5. The number of nitrogens with zero attached hydrogens (tertiary/aromatic N) is 1. The normalized spacial score (nSPS) is 27.4. The number of anilines is 1. The number of rotatable bonds is 0. The van der Waals surface area contributed by atoms with Crippen molar-refractivity contribution in [1.29, 1.82) is 0 Å². The Morgan fingerprint density at radius 1 is 1.31 bits per heavy atom. The van der Waals surface area contributed by atoms with E-state index in [1.807, 2.05) is 25.1 Å². The lowest BCUT2D eigenvalue weighted by molar-refractivity contribution is -0.117. The number of carbonyl (C=O) groups excluding carboxylic acids is 2. The number of hydrogen-bond acceptors (Lipinski definition) is 2. The second-order valence-corrected chi connectivity index (χ2v) is 4.47. The number of fused-ring (bicyclic) bond motifs is 3. The van der Waals surface area contributed by atoms with E-state index in [0.29, 0.717) is 18.4 Å². The van der Waals surface area contributed by atoms with Crippen molar-refractivity contribution >= 4 is 17.5 Å². The van der Waals surface area contributed by atoms with Gasteiger partial charge in [-0.05, 0) is 25.5 Å². The van der Waals surface area contributed by atoms with Crippen LogP contribution in [0.15, 0.2) is 24.3 Å². The smallest absolute Gasteiger partial charge is 0.255 e. The molecule has 16 heavy (non-hydrogen) atoms. The van der Waals surface area contributed by atoms with Gasteiger partial charge in [-0.2, -0.15) is 0 Å². The molecule has 2 aliphatic rings. The quantitative estimate of drug-likeness (QED) is 0.710. The van der Waals surface area contributed by atoms with Crippen molar-refractivity contribution in [3.63, 3.8) is 0 Å². The lowest BCUT2D eigenvalue weighted by atomic mass is 10.0. The molecule has 0 bridgehead atoms. The molecule has 0 saturated carbocycles. The van der Waals surface area contributed by atoms with Crippen molar-refractivity contribution in [2.45, 2.75) is 25.4 Å². The van der Waals surface area contributed by atoms with Crippen LogP contribution >= 0.6 is 0 Å². The van der Waals surface area contributed by atoms with Gasteiger partial charge in [-0.1, -0.05) is 12.1 Å². The van der Waals surface area contributed by atoms with Crippen molar-refractivity contribution in [1.82, 2.24) is 5.32 Å². The molecule has 1 aromatic carbocycles. The molecule has 0 radical (unpaired) electrons. The largest absolute Gasteiger partial charge is 0.329 e. The van der Waals surface area contributed by atoms with E-state index >= 15 is 0 Å². The number of nitrogens with one attached hydrogen (secondary N) is 1. The molecule has 82 valence electrons. The van der Waals surface area contributed by atoms with Crippen molar-refractivity contribution < 1.29 is 9.59 Å². The Labute approximate surface area is 93.2 Å². The van der Waals surface area contributed by atoms with Crippen molar-refractivity contribution in [3.05, 3.63) is 29.8 Å². The van der Waals surface area contributed by atoms with Gasteiger partial charge in [0.05, 0.1) is 11.3 Å². The minimum Gasteiger partial charge on any atom is -0.329 e. The van der Waals surface area contributed by atoms with E-state index in [4.69, 9.17) is 0 Å². The summed E-state index contributed by atoms with van der Waals surface area (Å²) in [7, 11) is 0. The molecule has 2 aliphatic heterocycles. The highest BCUT2D eigenvalue weighted by Gasteiger charge is 2.47.